The average Bonchev–Trinajstić information content (AvgIpc) is 2.33. The van der Waals surface area contributed by atoms with Crippen LogP contribution in [0.15, 0.2) is 18.2 Å². The summed E-state index contributed by atoms with van der Waals surface area (Å²) in [4.78, 5) is 13.7. The van der Waals surface area contributed by atoms with Crippen LogP contribution in [0, 0.1) is 0 Å². The van der Waals surface area contributed by atoms with Gasteiger partial charge in [-0.1, -0.05) is 0 Å². The molecule has 0 fully saturated rings. The van der Waals surface area contributed by atoms with Gasteiger partial charge in [0.1, 0.15) is 6.61 Å². The molecule has 0 aliphatic carbocycles. The fourth-order valence-electron chi connectivity index (χ4n) is 1.59. The molecule has 0 amide bonds. The third-order valence-corrected chi connectivity index (χ3v) is 2.51. The third kappa shape index (κ3) is 4.79. The summed E-state index contributed by atoms with van der Waals surface area (Å²) in [6, 6.07) is 5.13. The van der Waals surface area contributed by atoms with Gasteiger partial charge < -0.3 is 20.1 Å². The molecule has 19 heavy (non-hydrogen) atoms. The molecule has 1 rings (SSSR count). The second kappa shape index (κ2) is 6.99. The van der Waals surface area contributed by atoms with Crippen LogP contribution in [0.25, 0.3) is 0 Å². The summed E-state index contributed by atoms with van der Waals surface area (Å²) in [5.41, 5.74) is 7.76. The van der Waals surface area contributed by atoms with Crippen molar-refractivity contribution in [1.82, 2.24) is 0 Å². The number of carbonyl (C=O) groups excluding carboxylic acids is 1. The van der Waals surface area contributed by atoms with Crippen LogP contribution in [0.4, 0.5) is 11.4 Å². The summed E-state index contributed by atoms with van der Waals surface area (Å²) >= 11 is 0. The maximum absolute atomic E-state index is 11.8. The van der Waals surface area contributed by atoms with Gasteiger partial charge in [0.2, 0.25) is 0 Å². The Bertz CT molecular complexity index is 431. The van der Waals surface area contributed by atoms with E-state index in [4.69, 9.17) is 15.2 Å². The molecule has 5 heteroatoms. The fourth-order valence-corrected chi connectivity index (χ4v) is 1.59. The number of nitrogens with zero attached hydrogens (tertiary/aromatic N) is 1. The Morgan fingerprint density at radius 2 is 2.00 bits per heavy atom. The number of anilines is 2. The smallest absolute Gasteiger partial charge is 0.338 e. The zero-order valence-corrected chi connectivity index (χ0v) is 12.0. The molecule has 0 saturated heterocycles. The standard InChI is InChI=1S/C14H22N2O3/c1-10(2)18-7-8-19-14(17)11-5-6-13(16(3)4)12(15)9-11/h5-6,9-10H,7-8,15H2,1-4H3. The zero-order valence-electron chi connectivity index (χ0n) is 12.0. The van der Waals surface area contributed by atoms with Crippen LogP contribution in [-0.2, 0) is 9.47 Å². The SMILES string of the molecule is CC(C)OCCOC(=O)c1ccc(N(C)C)c(N)c1. The highest BCUT2D eigenvalue weighted by Gasteiger charge is 2.10. The van der Waals surface area contributed by atoms with Crippen molar-refractivity contribution in [3.63, 3.8) is 0 Å². The molecule has 0 unspecified atom stereocenters. The summed E-state index contributed by atoms with van der Waals surface area (Å²) in [6.45, 7) is 4.51. The minimum absolute atomic E-state index is 0.133. The van der Waals surface area contributed by atoms with E-state index >= 15 is 0 Å². The molecule has 2 N–H and O–H groups in total. The Hall–Kier alpha value is -1.75. The normalized spacial score (nSPS) is 10.6. The number of hydrogen-bond donors (Lipinski definition) is 1. The van der Waals surface area contributed by atoms with Gasteiger partial charge in [-0.2, -0.15) is 0 Å². The highest BCUT2D eigenvalue weighted by Crippen LogP contribution is 2.22. The van der Waals surface area contributed by atoms with Crippen molar-refractivity contribution in [2.75, 3.05) is 37.9 Å². The second-order valence-electron chi connectivity index (χ2n) is 4.72. The largest absolute Gasteiger partial charge is 0.460 e. The van der Waals surface area contributed by atoms with Crippen LogP contribution in [0.5, 0.6) is 0 Å². The molecule has 106 valence electrons. The van der Waals surface area contributed by atoms with Crippen LogP contribution in [0.3, 0.4) is 0 Å². The van der Waals surface area contributed by atoms with Gasteiger partial charge in [-0.05, 0) is 32.0 Å². The summed E-state index contributed by atoms with van der Waals surface area (Å²) in [6.07, 6.45) is 0.133. The van der Waals surface area contributed by atoms with Gasteiger partial charge in [0.25, 0.3) is 0 Å². The van der Waals surface area contributed by atoms with E-state index in [1.54, 1.807) is 18.2 Å². The molecule has 0 aromatic heterocycles. The van der Waals surface area contributed by atoms with E-state index in [2.05, 4.69) is 0 Å². The lowest BCUT2D eigenvalue weighted by atomic mass is 10.1. The Kier molecular flexibility index (Phi) is 5.63. The van der Waals surface area contributed by atoms with Crippen LogP contribution in [0.1, 0.15) is 24.2 Å². The van der Waals surface area contributed by atoms with Crippen molar-refractivity contribution in [3.05, 3.63) is 23.8 Å². The average molecular weight is 266 g/mol. The number of rotatable bonds is 6. The quantitative estimate of drug-likeness (QED) is 0.484. The van der Waals surface area contributed by atoms with Crippen LogP contribution < -0.4 is 10.6 Å². The molecule has 1 aromatic carbocycles. The Morgan fingerprint density at radius 3 is 2.53 bits per heavy atom. The zero-order chi connectivity index (χ0) is 14.4. The molecule has 5 nitrogen and oxygen atoms in total. The summed E-state index contributed by atoms with van der Waals surface area (Å²) in [5, 5.41) is 0. The van der Waals surface area contributed by atoms with Crippen LogP contribution in [0.2, 0.25) is 0 Å². The number of benzene rings is 1. The Morgan fingerprint density at radius 1 is 1.32 bits per heavy atom. The minimum atomic E-state index is -0.385. The van der Waals surface area contributed by atoms with E-state index in [9.17, 15) is 4.79 Å². The monoisotopic (exact) mass is 266 g/mol. The Labute approximate surface area is 114 Å². The van der Waals surface area contributed by atoms with E-state index in [0.29, 0.717) is 17.9 Å². The van der Waals surface area contributed by atoms with Crippen molar-refractivity contribution in [2.24, 2.45) is 0 Å². The molecule has 0 spiro atoms. The van der Waals surface area contributed by atoms with Crippen molar-refractivity contribution in [1.29, 1.82) is 0 Å². The first-order chi connectivity index (χ1) is 8.91. The molecule has 1 aromatic rings. The maximum atomic E-state index is 11.8. The van der Waals surface area contributed by atoms with Crippen LogP contribution in [-0.4, -0.2) is 39.4 Å². The first-order valence-electron chi connectivity index (χ1n) is 6.27. The van der Waals surface area contributed by atoms with Gasteiger partial charge in [-0.3, -0.25) is 0 Å². The lowest BCUT2D eigenvalue weighted by Gasteiger charge is -2.15. The van der Waals surface area contributed by atoms with Crippen molar-refractivity contribution >= 4 is 17.3 Å². The lowest BCUT2D eigenvalue weighted by Crippen LogP contribution is -2.15. The van der Waals surface area contributed by atoms with E-state index in [0.717, 1.165) is 5.69 Å². The maximum Gasteiger partial charge on any atom is 0.338 e. The van der Waals surface area contributed by atoms with Gasteiger partial charge in [0.15, 0.2) is 0 Å². The first kappa shape index (κ1) is 15.3. The lowest BCUT2D eigenvalue weighted by molar-refractivity contribution is 0.0177. The fraction of sp³-hybridized carbons (Fsp3) is 0.500. The van der Waals surface area contributed by atoms with Gasteiger partial charge in [-0.25, -0.2) is 4.79 Å². The topological polar surface area (TPSA) is 64.8 Å². The third-order valence-electron chi connectivity index (χ3n) is 2.51. The molecular weight excluding hydrogens is 244 g/mol. The molecule has 0 radical (unpaired) electrons. The van der Waals surface area contributed by atoms with Gasteiger partial charge in [-0.15, -0.1) is 0 Å². The second-order valence-corrected chi connectivity index (χ2v) is 4.72. The Balaban J connectivity index is 2.56. The van der Waals surface area contributed by atoms with Gasteiger partial charge >= 0.3 is 5.97 Å². The molecular formula is C14H22N2O3. The highest BCUT2D eigenvalue weighted by atomic mass is 16.6. The molecule has 0 heterocycles. The number of ether oxygens (including phenoxy) is 2. The number of nitrogens with two attached hydrogens (primary N) is 1. The summed E-state index contributed by atoms with van der Waals surface area (Å²) in [7, 11) is 3.79. The predicted octanol–water partition coefficient (Wildman–Crippen LogP) is 1.92. The summed E-state index contributed by atoms with van der Waals surface area (Å²) < 4.78 is 10.4. The molecule has 0 atom stereocenters. The van der Waals surface area contributed by atoms with E-state index in [1.165, 1.54) is 0 Å². The van der Waals surface area contributed by atoms with Crippen molar-refractivity contribution in [2.45, 2.75) is 20.0 Å². The predicted molar refractivity (Wildman–Crippen MR) is 76.6 cm³/mol. The van der Waals surface area contributed by atoms with E-state index < -0.39 is 0 Å². The van der Waals surface area contributed by atoms with Crippen molar-refractivity contribution in [3.8, 4) is 0 Å². The number of carbonyl (C=O) groups is 1. The van der Waals surface area contributed by atoms with E-state index in [-0.39, 0.29) is 18.7 Å². The van der Waals surface area contributed by atoms with Crippen molar-refractivity contribution < 1.29 is 14.3 Å². The van der Waals surface area contributed by atoms with Gasteiger partial charge in [0, 0.05) is 14.1 Å². The van der Waals surface area contributed by atoms with Gasteiger partial charge in [0.05, 0.1) is 29.6 Å². The highest BCUT2D eigenvalue weighted by molar-refractivity contribution is 5.92. The molecule has 0 aliphatic rings. The number of esters is 1. The van der Waals surface area contributed by atoms with Crippen LogP contribution >= 0.6 is 0 Å². The minimum Gasteiger partial charge on any atom is -0.460 e. The molecule has 0 bridgehead atoms. The first-order valence-corrected chi connectivity index (χ1v) is 6.27. The number of nitrogen functional groups attached to an aromatic ring is 1. The number of hydrogen-bond acceptors (Lipinski definition) is 5. The molecule has 0 saturated carbocycles. The van der Waals surface area contributed by atoms with E-state index in [1.807, 2.05) is 32.8 Å². The molecule has 0 aliphatic heterocycles. The summed E-state index contributed by atoms with van der Waals surface area (Å²) in [5.74, 6) is -0.385.